The molecule has 2 atom stereocenters. The lowest BCUT2D eigenvalue weighted by Crippen LogP contribution is -2.59. The maximum Gasteiger partial charge on any atom is 0.407 e. The van der Waals surface area contributed by atoms with Crippen molar-refractivity contribution < 1.29 is 9.53 Å². The highest BCUT2D eigenvalue weighted by atomic mass is 16.6. The monoisotopic (exact) mass is 325 g/mol. The summed E-state index contributed by atoms with van der Waals surface area (Å²) in [5, 5.41) is 6.54. The molecule has 5 nitrogen and oxygen atoms in total. The molecule has 2 unspecified atom stereocenters. The molecule has 23 heavy (non-hydrogen) atoms. The van der Waals surface area contributed by atoms with Gasteiger partial charge in [-0.05, 0) is 59.3 Å². The second-order valence-electron chi connectivity index (χ2n) is 8.41. The summed E-state index contributed by atoms with van der Waals surface area (Å²) in [5.41, 5.74) is -0.432. The van der Waals surface area contributed by atoms with Crippen LogP contribution in [0.15, 0.2) is 0 Å². The highest BCUT2D eigenvalue weighted by molar-refractivity contribution is 5.67. The maximum absolute atomic E-state index is 11.7. The van der Waals surface area contributed by atoms with Crippen molar-refractivity contribution in [2.45, 2.75) is 71.6 Å². The molecule has 1 amide bonds. The van der Waals surface area contributed by atoms with E-state index >= 15 is 0 Å². The molecule has 2 aliphatic rings. The Bertz CT molecular complexity index is 378. The van der Waals surface area contributed by atoms with Crippen LogP contribution in [0.25, 0.3) is 0 Å². The first-order valence-electron chi connectivity index (χ1n) is 9.20. The van der Waals surface area contributed by atoms with Gasteiger partial charge in [0, 0.05) is 38.3 Å². The zero-order valence-electron chi connectivity index (χ0n) is 15.5. The van der Waals surface area contributed by atoms with Gasteiger partial charge < -0.3 is 20.3 Å². The molecule has 5 heteroatoms. The second kappa shape index (κ2) is 7.84. The number of rotatable bonds is 5. The molecule has 2 bridgehead atoms. The van der Waals surface area contributed by atoms with Crippen LogP contribution in [0.1, 0.15) is 53.9 Å². The normalized spacial score (nSPS) is 28.7. The van der Waals surface area contributed by atoms with Crippen LogP contribution in [0.4, 0.5) is 4.79 Å². The number of piperidine rings is 1. The molecular weight excluding hydrogens is 290 g/mol. The van der Waals surface area contributed by atoms with Crippen molar-refractivity contribution in [1.82, 2.24) is 15.5 Å². The summed E-state index contributed by atoms with van der Waals surface area (Å²) in [6.07, 6.45) is 3.71. The van der Waals surface area contributed by atoms with Crippen molar-refractivity contribution in [2.24, 2.45) is 11.8 Å². The molecule has 1 heterocycles. The second-order valence-corrected chi connectivity index (χ2v) is 8.41. The Kier molecular flexibility index (Phi) is 6.32. The number of carbonyl (C=O) groups excluding carboxylic acids is 1. The van der Waals surface area contributed by atoms with Gasteiger partial charge in [0.2, 0.25) is 0 Å². The van der Waals surface area contributed by atoms with Crippen LogP contribution in [-0.4, -0.2) is 54.9 Å². The number of amides is 1. The van der Waals surface area contributed by atoms with Crippen molar-refractivity contribution in [3.05, 3.63) is 0 Å². The largest absolute Gasteiger partial charge is 0.444 e. The van der Waals surface area contributed by atoms with E-state index in [0.717, 1.165) is 18.4 Å². The minimum Gasteiger partial charge on any atom is -0.444 e. The smallest absolute Gasteiger partial charge is 0.407 e. The highest BCUT2D eigenvalue weighted by Gasteiger charge is 2.39. The summed E-state index contributed by atoms with van der Waals surface area (Å²) in [7, 11) is 0. The Morgan fingerprint density at radius 3 is 2.30 bits per heavy atom. The van der Waals surface area contributed by atoms with Crippen molar-refractivity contribution in [3.63, 3.8) is 0 Å². The average molecular weight is 325 g/mol. The Hall–Kier alpha value is -0.810. The third-order valence-electron chi connectivity index (χ3n) is 5.01. The van der Waals surface area contributed by atoms with Crippen molar-refractivity contribution >= 4 is 6.09 Å². The van der Waals surface area contributed by atoms with Crippen molar-refractivity contribution in [2.75, 3.05) is 26.2 Å². The Morgan fingerprint density at radius 2 is 1.78 bits per heavy atom. The zero-order valence-corrected chi connectivity index (χ0v) is 15.5. The van der Waals surface area contributed by atoms with E-state index in [-0.39, 0.29) is 6.09 Å². The molecular formula is C18H35N3O2. The number of alkyl carbamates (subject to hydrolysis) is 1. The number of fused-ring (bicyclic) bond motifs is 2. The first-order chi connectivity index (χ1) is 10.8. The fourth-order valence-corrected chi connectivity index (χ4v) is 3.95. The maximum atomic E-state index is 11.7. The molecule has 1 saturated heterocycles. The van der Waals surface area contributed by atoms with Crippen molar-refractivity contribution in [3.8, 4) is 0 Å². The summed E-state index contributed by atoms with van der Waals surface area (Å²) in [6, 6.07) is 1.26. The molecule has 0 radical (unpaired) electrons. The van der Waals surface area contributed by atoms with E-state index in [0.29, 0.717) is 18.6 Å². The molecule has 0 aromatic rings. The third-order valence-corrected chi connectivity index (χ3v) is 5.01. The highest BCUT2D eigenvalue weighted by Crippen LogP contribution is 2.35. The number of ether oxygens (including phenoxy) is 1. The van der Waals surface area contributed by atoms with E-state index < -0.39 is 5.60 Å². The van der Waals surface area contributed by atoms with Crippen LogP contribution in [0.3, 0.4) is 0 Å². The van der Waals surface area contributed by atoms with Crippen LogP contribution in [0.5, 0.6) is 0 Å². The van der Waals surface area contributed by atoms with Gasteiger partial charge in [0.05, 0.1) is 0 Å². The summed E-state index contributed by atoms with van der Waals surface area (Å²) in [5.74, 6) is 1.51. The topological polar surface area (TPSA) is 53.6 Å². The van der Waals surface area contributed by atoms with Gasteiger partial charge in [0.1, 0.15) is 5.60 Å². The third kappa shape index (κ3) is 5.64. The van der Waals surface area contributed by atoms with Gasteiger partial charge in [-0.1, -0.05) is 6.42 Å². The lowest BCUT2D eigenvalue weighted by molar-refractivity contribution is 0.0294. The van der Waals surface area contributed by atoms with Gasteiger partial charge in [-0.3, -0.25) is 0 Å². The molecule has 0 spiro atoms. The van der Waals surface area contributed by atoms with Gasteiger partial charge in [0.25, 0.3) is 0 Å². The average Bonchev–Trinajstić information content (AvgIpc) is 2.40. The van der Waals surface area contributed by atoms with E-state index in [4.69, 9.17) is 4.74 Å². The minimum absolute atomic E-state index is 0.325. The molecule has 0 aromatic carbocycles. The molecule has 0 aromatic heterocycles. The zero-order chi connectivity index (χ0) is 17.0. The number of carbonyl (C=O) groups is 1. The van der Waals surface area contributed by atoms with Crippen LogP contribution in [-0.2, 0) is 4.74 Å². The lowest BCUT2D eigenvalue weighted by Gasteiger charge is -2.49. The van der Waals surface area contributed by atoms with Crippen LogP contribution >= 0.6 is 0 Å². The van der Waals surface area contributed by atoms with Gasteiger partial charge >= 0.3 is 6.09 Å². The van der Waals surface area contributed by atoms with Crippen molar-refractivity contribution in [1.29, 1.82) is 0 Å². The first-order valence-corrected chi connectivity index (χ1v) is 9.20. The van der Waals surface area contributed by atoms with Gasteiger partial charge in [-0.15, -0.1) is 0 Å². The van der Waals surface area contributed by atoms with E-state index in [2.05, 4.69) is 29.4 Å². The molecule has 1 saturated carbocycles. The lowest BCUT2D eigenvalue weighted by atomic mass is 9.73. The summed E-state index contributed by atoms with van der Waals surface area (Å²) >= 11 is 0. The standard InChI is InChI=1S/C18H35N3O2/c1-13(2)21-11-14-7-6-8-15(12-21)16(14)19-9-10-20-17(22)23-18(3,4)5/h13-16,19H,6-12H2,1-5H3,(H,20,22). The summed E-state index contributed by atoms with van der Waals surface area (Å²) < 4.78 is 5.26. The summed E-state index contributed by atoms with van der Waals surface area (Å²) in [4.78, 5) is 14.3. The van der Waals surface area contributed by atoms with E-state index in [9.17, 15) is 4.79 Å². The van der Waals surface area contributed by atoms with Gasteiger partial charge in [-0.25, -0.2) is 4.79 Å². The molecule has 134 valence electrons. The van der Waals surface area contributed by atoms with Gasteiger partial charge in [-0.2, -0.15) is 0 Å². The quantitative estimate of drug-likeness (QED) is 0.763. The predicted octanol–water partition coefficient (Wildman–Crippen LogP) is 2.61. The predicted molar refractivity (Wildman–Crippen MR) is 93.6 cm³/mol. The molecule has 1 aliphatic heterocycles. The molecule has 2 rings (SSSR count). The number of hydrogen-bond acceptors (Lipinski definition) is 4. The Labute approximate surface area is 141 Å². The number of likely N-dealkylation sites (tertiary alicyclic amines) is 1. The van der Waals surface area contributed by atoms with E-state index in [1.165, 1.54) is 32.4 Å². The van der Waals surface area contributed by atoms with Gasteiger partial charge in [0.15, 0.2) is 0 Å². The Balaban J connectivity index is 1.72. The number of nitrogens with one attached hydrogen (secondary N) is 2. The van der Waals surface area contributed by atoms with Crippen LogP contribution in [0.2, 0.25) is 0 Å². The summed E-state index contributed by atoms with van der Waals surface area (Å²) in [6.45, 7) is 14.1. The molecule has 1 aliphatic carbocycles. The number of hydrogen-bond donors (Lipinski definition) is 2. The van der Waals surface area contributed by atoms with E-state index in [1.807, 2.05) is 20.8 Å². The molecule has 2 fully saturated rings. The Morgan fingerprint density at radius 1 is 1.17 bits per heavy atom. The van der Waals surface area contributed by atoms with E-state index in [1.54, 1.807) is 0 Å². The minimum atomic E-state index is -0.432. The SMILES string of the molecule is CC(C)N1CC2CCCC(C1)C2NCCNC(=O)OC(C)(C)C. The fourth-order valence-electron chi connectivity index (χ4n) is 3.95. The number of nitrogens with zero attached hydrogens (tertiary/aromatic N) is 1. The first kappa shape index (κ1) is 18.5. The van der Waals surface area contributed by atoms with Crippen LogP contribution in [0, 0.1) is 11.8 Å². The van der Waals surface area contributed by atoms with Crippen LogP contribution < -0.4 is 10.6 Å². The fraction of sp³-hybridized carbons (Fsp3) is 0.944. The molecule has 2 N–H and O–H groups in total.